The first-order valence-electron chi connectivity index (χ1n) is 8.15. The Kier molecular flexibility index (Phi) is 3.09. The van der Waals surface area contributed by atoms with Crippen LogP contribution < -0.4 is 4.74 Å². The zero-order chi connectivity index (χ0) is 15.5. The van der Waals surface area contributed by atoms with Gasteiger partial charge in [-0.05, 0) is 63.5 Å². The predicted molar refractivity (Wildman–Crippen MR) is 84.3 cm³/mol. The van der Waals surface area contributed by atoms with E-state index >= 15 is 0 Å². The van der Waals surface area contributed by atoms with Crippen LogP contribution in [0, 0.1) is 0 Å². The number of hydrogen-bond acceptors (Lipinski definition) is 4. The summed E-state index contributed by atoms with van der Waals surface area (Å²) < 4.78 is 18.0. The number of methoxy groups -OCH3 is 1. The largest absolute Gasteiger partial charge is 0.497 e. The van der Waals surface area contributed by atoms with Crippen molar-refractivity contribution in [3.8, 4) is 5.75 Å². The molecule has 2 saturated heterocycles. The molecular formula is C18H25NO3. The van der Waals surface area contributed by atoms with E-state index in [4.69, 9.17) is 14.2 Å². The van der Waals surface area contributed by atoms with Crippen molar-refractivity contribution in [2.45, 2.75) is 50.0 Å². The highest BCUT2D eigenvalue weighted by atomic mass is 16.7. The molecular weight excluding hydrogens is 278 g/mol. The second kappa shape index (κ2) is 4.70. The molecule has 0 aromatic heterocycles. The number of piperidine rings is 1. The molecule has 0 N–H and O–H groups in total. The minimum atomic E-state index is -0.499. The van der Waals surface area contributed by atoms with E-state index in [2.05, 4.69) is 30.1 Å². The van der Waals surface area contributed by atoms with Crippen molar-refractivity contribution in [2.24, 2.45) is 0 Å². The summed E-state index contributed by atoms with van der Waals surface area (Å²) in [5, 5.41) is 0. The Hall–Kier alpha value is -1.10. The quantitative estimate of drug-likeness (QED) is 0.797. The molecule has 0 spiro atoms. The van der Waals surface area contributed by atoms with Crippen molar-refractivity contribution >= 4 is 0 Å². The van der Waals surface area contributed by atoms with Crippen LogP contribution >= 0.6 is 0 Å². The molecule has 0 unspecified atom stereocenters. The fourth-order valence-electron chi connectivity index (χ4n) is 4.45. The highest BCUT2D eigenvalue weighted by molar-refractivity contribution is 5.46. The minimum Gasteiger partial charge on any atom is -0.497 e. The van der Waals surface area contributed by atoms with Gasteiger partial charge in [0, 0.05) is 11.5 Å². The van der Waals surface area contributed by atoms with E-state index in [1.807, 2.05) is 13.8 Å². The molecule has 2 heterocycles. The molecule has 1 aromatic carbocycles. The molecule has 0 saturated carbocycles. The van der Waals surface area contributed by atoms with Crippen LogP contribution in [0.5, 0.6) is 5.75 Å². The van der Waals surface area contributed by atoms with Crippen LogP contribution in [-0.4, -0.2) is 50.1 Å². The maximum atomic E-state index is 6.43. The van der Waals surface area contributed by atoms with Gasteiger partial charge in [-0.15, -0.1) is 0 Å². The lowest BCUT2D eigenvalue weighted by atomic mass is 9.61. The van der Waals surface area contributed by atoms with E-state index in [0.29, 0.717) is 6.04 Å². The highest BCUT2D eigenvalue weighted by Crippen LogP contribution is 2.51. The number of benzene rings is 1. The molecule has 3 aliphatic rings. The van der Waals surface area contributed by atoms with Crippen molar-refractivity contribution in [1.29, 1.82) is 0 Å². The number of likely N-dealkylation sites (tertiary alicyclic amines) is 1. The third-order valence-electron chi connectivity index (χ3n) is 5.74. The standard InChI is InChI=1S/C18H25NO3/c1-17(2)21-11-18-7-8-19(3)15(16(18)22-17)9-12-5-6-13(20-4)10-14(12)18/h5-6,10,15-16H,7-9,11H2,1-4H3/t15-,16+,18-/m1/s1. The lowest BCUT2D eigenvalue weighted by molar-refractivity contribution is -0.321. The smallest absolute Gasteiger partial charge is 0.163 e. The summed E-state index contributed by atoms with van der Waals surface area (Å²) in [5.74, 6) is 0.426. The molecule has 4 rings (SSSR count). The SMILES string of the molecule is COc1ccc2c(c1)[C@]13CCN(C)[C@H](C2)[C@@H]1OC(C)(C)OC3. The topological polar surface area (TPSA) is 30.9 Å². The van der Waals surface area contributed by atoms with Crippen molar-refractivity contribution in [2.75, 3.05) is 27.3 Å². The average molecular weight is 303 g/mol. The third-order valence-corrected chi connectivity index (χ3v) is 5.74. The summed E-state index contributed by atoms with van der Waals surface area (Å²) >= 11 is 0. The Balaban J connectivity index is 1.86. The van der Waals surface area contributed by atoms with Gasteiger partial charge in [0.25, 0.3) is 0 Å². The molecule has 120 valence electrons. The Morgan fingerprint density at radius 2 is 2.14 bits per heavy atom. The molecule has 2 aliphatic heterocycles. The van der Waals surface area contributed by atoms with Crippen LogP contribution in [0.15, 0.2) is 18.2 Å². The second-order valence-corrected chi connectivity index (χ2v) is 7.41. The zero-order valence-electron chi connectivity index (χ0n) is 13.9. The van der Waals surface area contributed by atoms with Gasteiger partial charge in [-0.1, -0.05) is 6.07 Å². The summed E-state index contributed by atoms with van der Waals surface area (Å²) in [6.07, 6.45) is 2.30. The molecule has 0 amide bonds. The lowest BCUT2D eigenvalue weighted by Gasteiger charge is -2.59. The van der Waals surface area contributed by atoms with E-state index in [1.165, 1.54) is 11.1 Å². The average Bonchev–Trinajstić information content (AvgIpc) is 2.50. The van der Waals surface area contributed by atoms with Crippen molar-refractivity contribution < 1.29 is 14.2 Å². The van der Waals surface area contributed by atoms with E-state index in [-0.39, 0.29) is 11.5 Å². The molecule has 3 atom stereocenters. The van der Waals surface area contributed by atoms with Crippen LogP contribution in [-0.2, 0) is 21.3 Å². The molecule has 4 nitrogen and oxygen atoms in total. The van der Waals surface area contributed by atoms with Crippen molar-refractivity contribution in [3.63, 3.8) is 0 Å². The fraction of sp³-hybridized carbons (Fsp3) is 0.667. The number of fused-ring (bicyclic) bond motifs is 1. The lowest BCUT2D eigenvalue weighted by Crippen LogP contribution is -2.69. The van der Waals surface area contributed by atoms with E-state index in [9.17, 15) is 0 Å². The Morgan fingerprint density at radius 3 is 2.91 bits per heavy atom. The van der Waals surface area contributed by atoms with Gasteiger partial charge in [0.05, 0.1) is 19.8 Å². The van der Waals surface area contributed by atoms with Crippen LogP contribution in [0.2, 0.25) is 0 Å². The van der Waals surface area contributed by atoms with Gasteiger partial charge >= 0.3 is 0 Å². The normalized spacial score (nSPS) is 36.4. The van der Waals surface area contributed by atoms with Gasteiger partial charge in [0.15, 0.2) is 5.79 Å². The molecule has 1 aromatic rings. The molecule has 0 radical (unpaired) electrons. The number of hydrogen-bond donors (Lipinski definition) is 0. The minimum absolute atomic E-state index is 0.0329. The first-order valence-corrected chi connectivity index (χ1v) is 8.15. The van der Waals surface area contributed by atoms with Crippen LogP contribution in [0.1, 0.15) is 31.4 Å². The summed E-state index contributed by atoms with van der Waals surface area (Å²) in [5.41, 5.74) is 2.76. The number of likely N-dealkylation sites (N-methyl/N-ethyl adjacent to an activating group) is 1. The zero-order valence-corrected chi connectivity index (χ0v) is 13.9. The molecule has 22 heavy (non-hydrogen) atoms. The fourth-order valence-corrected chi connectivity index (χ4v) is 4.45. The van der Waals surface area contributed by atoms with Gasteiger partial charge in [-0.2, -0.15) is 0 Å². The van der Waals surface area contributed by atoms with Crippen molar-refractivity contribution in [1.82, 2.24) is 4.90 Å². The van der Waals surface area contributed by atoms with Gasteiger partial charge in [-0.3, -0.25) is 0 Å². The van der Waals surface area contributed by atoms with Gasteiger partial charge in [-0.25, -0.2) is 0 Å². The summed E-state index contributed by atoms with van der Waals surface area (Å²) in [4.78, 5) is 2.46. The number of nitrogens with zero attached hydrogens (tertiary/aromatic N) is 1. The van der Waals surface area contributed by atoms with Crippen LogP contribution in [0.4, 0.5) is 0 Å². The maximum Gasteiger partial charge on any atom is 0.163 e. The van der Waals surface area contributed by atoms with E-state index in [0.717, 1.165) is 31.7 Å². The van der Waals surface area contributed by atoms with Gasteiger partial charge < -0.3 is 19.1 Å². The summed E-state index contributed by atoms with van der Waals surface area (Å²) in [7, 11) is 3.95. The van der Waals surface area contributed by atoms with E-state index < -0.39 is 5.79 Å². The molecule has 2 bridgehead atoms. The second-order valence-electron chi connectivity index (χ2n) is 7.41. The van der Waals surface area contributed by atoms with Gasteiger partial charge in [0.2, 0.25) is 0 Å². The molecule has 4 heteroatoms. The first kappa shape index (κ1) is 14.5. The van der Waals surface area contributed by atoms with E-state index in [1.54, 1.807) is 7.11 Å². The number of ether oxygens (including phenoxy) is 3. The highest BCUT2D eigenvalue weighted by Gasteiger charge is 2.58. The molecule has 1 aliphatic carbocycles. The van der Waals surface area contributed by atoms with Crippen LogP contribution in [0.25, 0.3) is 0 Å². The Labute approximate surface area is 132 Å². The maximum absolute atomic E-state index is 6.43. The Bertz CT molecular complexity index is 600. The third kappa shape index (κ3) is 1.94. The van der Waals surface area contributed by atoms with Crippen LogP contribution in [0.3, 0.4) is 0 Å². The predicted octanol–water partition coefficient (Wildman–Crippen LogP) is 2.34. The first-order chi connectivity index (χ1) is 10.5. The van der Waals surface area contributed by atoms with Gasteiger partial charge in [0.1, 0.15) is 5.75 Å². The monoisotopic (exact) mass is 303 g/mol. The van der Waals surface area contributed by atoms with Crippen molar-refractivity contribution in [3.05, 3.63) is 29.3 Å². The molecule has 2 fully saturated rings. The summed E-state index contributed by atoms with van der Waals surface area (Å²) in [6, 6.07) is 6.92. The summed E-state index contributed by atoms with van der Waals surface area (Å²) in [6.45, 7) is 5.87. The number of rotatable bonds is 1. The Morgan fingerprint density at radius 1 is 1.32 bits per heavy atom.